The Morgan fingerprint density at radius 3 is 1.50 bits per heavy atom. The molecule has 3 heteroatoms. The lowest BCUT2D eigenvalue weighted by atomic mass is 10.4. The standard InChI is InChI=1S/C4H9.C3H7O2S/c1-3-4-2;1-3-6(2,4)5/h1,3-4H2,2H3;1,3H2,2H3. The molecule has 0 aromatic carbocycles. The zero-order valence-corrected chi connectivity index (χ0v) is 7.58. The lowest BCUT2D eigenvalue weighted by molar-refractivity contribution is 0.604. The number of rotatable bonds is 2. The van der Waals surface area contributed by atoms with Crippen molar-refractivity contribution in [2.75, 3.05) is 12.0 Å². The minimum absolute atomic E-state index is 0.00694. The van der Waals surface area contributed by atoms with E-state index < -0.39 is 9.84 Å². The third-order valence-electron chi connectivity index (χ3n) is 0.724. The minimum Gasteiger partial charge on any atom is -0.229 e. The summed E-state index contributed by atoms with van der Waals surface area (Å²) in [7, 11) is -2.77. The first-order valence-corrected chi connectivity index (χ1v) is 5.30. The van der Waals surface area contributed by atoms with E-state index in [1.165, 1.54) is 6.42 Å². The topological polar surface area (TPSA) is 34.1 Å². The van der Waals surface area contributed by atoms with E-state index in [4.69, 9.17) is 0 Å². The van der Waals surface area contributed by atoms with Crippen LogP contribution < -0.4 is 0 Å². The molecule has 0 atom stereocenters. The van der Waals surface area contributed by atoms with Crippen molar-refractivity contribution in [3.63, 3.8) is 0 Å². The third-order valence-corrected chi connectivity index (χ3v) is 1.47. The molecule has 2 radical (unpaired) electrons. The molecular weight excluding hydrogens is 148 g/mol. The van der Waals surface area contributed by atoms with Crippen LogP contribution in [0.2, 0.25) is 0 Å². The Bertz CT molecular complexity index is 134. The molecule has 0 amide bonds. The van der Waals surface area contributed by atoms with Crippen LogP contribution in [0.3, 0.4) is 0 Å². The van der Waals surface area contributed by atoms with Crippen LogP contribution >= 0.6 is 0 Å². The average molecular weight is 164 g/mol. The van der Waals surface area contributed by atoms with E-state index in [1.807, 2.05) is 0 Å². The van der Waals surface area contributed by atoms with E-state index in [0.29, 0.717) is 0 Å². The first kappa shape index (κ1) is 12.6. The molecular formula is C7H16O2S. The van der Waals surface area contributed by atoms with Gasteiger partial charge < -0.3 is 0 Å². The summed E-state index contributed by atoms with van der Waals surface area (Å²) >= 11 is 0. The Balaban J connectivity index is 0. The maximum atomic E-state index is 9.94. The van der Waals surface area contributed by atoms with Gasteiger partial charge in [0.05, 0.1) is 0 Å². The van der Waals surface area contributed by atoms with Crippen LogP contribution in [0.5, 0.6) is 0 Å². The molecule has 0 saturated carbocycles. The van der Waals surface area contributed by atoms with Crippen molar-refractivity contribution >= 4 is 9.84 Å². The van der Waals surface area contributed by atoms with Gasteiger partial charge in [-0.1, -0.05) is 26.7 Å². The van der Waals surface area contributed by atoms with Crippen molar-refractivity contribution in [2.45, 2.75) is 19.8 Å². The fourth-order valence-electron chi connectivity index (χ4n) is 0. The Hall–Kier alpha value is -0.0500. The van der Waals surface area contributed by atoms with Crippen molar-refractivity contribution < 1.29 is 8.42 Å². The minimum atomic E-state index is -2.77. The maximum Gasteiger partial charge on any atom is 0.147 e. The highest BCUT2D eigenvalue weighted by atomic mass is 32.2. The normalized spacial score (nSPS) is 10.0. The van der Waals surface area contributed by atoms with Crippen LogP contribution in [-0.2, 0) is 9.84 Å². The van der Waals surface area contributed by atoms with Gasteiger partial charge in [-0.2, -0.15) is 0 Å². The van der Waals surface area contributed by atoms with E-state index in [0.717, 1.165) is 12.7 Å². The zero-order chi connectivity index (χ0) is 8.62. The highest BCUT2D eigenvalue weighted by Gasteiger charge is 1.90. The van der Waals surface area contributed by atoms with Crippen LogP contribution in [0, 0.1) is 13.8 Å². The summed E-state index contributed by atoms with van der Waals surface area (Å²) in [6.07, 6.45) is 3.43. The van der Waals surface area contributed by atoms with E-state index in [9.17, 15) is 8.42 Å². The Labute approximate surface area is 64.6 Å². The second kappa shape index (κ2) is 7.06. The molecule has 62 valence electrons. The molecule has 0 spiro atoms. The molecule has 10 heavy (non-hydrogen) atoms. The number of sulfone groups is 1. The summed E-state index contributed by atoms with van der Waals surface area (Å²) in [5, 5.41) is 0. The van der Waals surface area contributed by atoms with E-state index in [1.54, 1.807) is 0 Å². The predicted octanol–water partition coefficient (Wildman–Crippen LogP) is 1.49. The lowest BCUT2D eigenvalue weighted by Gasteiger charge is -1.80. The monoisotopic (exact) mass is 164 g/mol. The molecule has 0 aliphatic carbocycles. The van der Waals surface area contributed by atoms with Gasteiger partial charge in [0, 0.05) is 12.0 Å². The van der Waals surface area contributed by atoms with E-state index in [-0.39, 0.29) is 5.75 Å². The highest BCUT2D eigenvalue weighted by Crippen LogP contribution is 1.76. The molecule has 0 aliphatic rings. The molecule has 0 heterocycles. The van der Waals surface area contributed by atoms with Crippen molar-refractivity contribution in [3.8, 4) is 0 Å². The Kier molecular flexibility index (Phi) is 8.91. The van der Waals surface area contributed by atoms with Crippen molar-refractivity contribution in [1.82, 2.24) is 0 Å². The van der Waals surface area contributed by atoms with Gasteiger partial charge in [0.15, 0.2) is 0 Å². The largest absolute Gasteiger partial charge is 0.229 e. The van der Waals surface area contributed by atoms with Crippen LogP contribution in [0.15, 0.2) is 0 Å². The summed E-state index contributed by atoms with van der Waals surface area (Å²) in [6, 6.07) is 0. The molecule has 0 unspecified atom stereocenters. The zero-order valence-electron chi connectivity index (χ0n) is 6.76. The maximum absolute atomic E-state index is 9.94. The van der Waals surface area contributed by atoms with Gasteiger partial charge >= 0.3 is 0 Å². The van der Waals surface area contributed by atoms with Gasteiger partial charge in [0.1, 0.15) is 9.84 Å². The van der Waals surface area contributed by atoms with Gasteiger partial charge in [-0.05, 0) is 6.92 Å². The second-order valence-corrected chi connectivity index (χ2v) is 4.24. The van der Waals surface area contributed by atoms with Crippen LogP contribution in [0.4, 0.5) is 0 Å². The Morgan fingerprint density at radius 2 is 1.50 bits per heavy atom. The average Bonchev–Trinajstić information content (AvgIpc) is 1.87. The van der Waals surface area contributed by atoms with E-state index >= 15 is 0 Å². The molecule has 0 aliphatic heterocycles. The van der Waals surface area contributed by atoms with Crippen molar-refractivity contribution in [1.29, 1.82) is 0 Å². The summed E-state index contributed by atoms with van der Waals surface area (Å²) in [5.74, 6) is -0.00694. The molecule has 0 saturated heterocycles. The van der Waals surface area contributed by atoms with Crippen LogP contribution in [0.1, 0.15) is 19.8 Å². The first-order chi connectivity index (χ1) is 4.47. The lowest BCUT2D eigenvalue weighted by Crippen LogP contribution is -1.97. The molecule has 0 N–H and O–H groups in total. The number of hydrogen-bond acceptors (Lipinski definition) is 2. The van der Waals surface area contributed by atoms with Crippen LogP contribution in [0.25, 0.3) is 0 Å². The molecule has 0 rings (SSSR count). The SMILES string of the molecule is [CH2]CCC.[CH2]CS(C)(=O)=O. The van der Waals surface area contributed by atoms with Crippen molar-refractivity contribution in [3.05, 3.63) is 13.8 Å². The fraction of sp³-hybridized carbons (Fsp3) is 0.714. The van der Waals surface area contributed by atoms with Gasteiger partial charge in [0.2, 0.25) is 0 Å². The summed E-state index contributed by atoms with van der Waals surface area (Å²) < 4.78 is 19.9. The van der Waals surface area contributed by atoms with Crippen LogP contribution in [-0.4, -0.2) is 20.4 Å². The molecule has 0 fully saturated rings. The predicted molar refractivity (Wildman–Crippen MR) is 45.3 cm³/mol. The fourth-order valence-corrected chi connectivity index (χ4v) is 0. The van der Waals surface area contributed by atoms with Gasteiger partial charge in [-0.3, -0.25) is 0 Å². The quantitative estimate of drug-likeness (QED) is 0.619. The first-order valence-electron chi connectivity index (χ1n) is 3.24. The van der Waals surface area contributed by atoms with Gasteiger partial charge in [-0.25, -0.2) is 8.42 Å². The van der Waals surface area contributed by atoms with Crippen molar-refractivity contribution in [2.24, 2.45) is 0 Å². The molecule has 2 nitrogen and oxygen atoms in total. The molecule has 0 bridgehead atoms. The third kappa shape index (κ3) is 24.6. The number of hydrogen-bond donors (Lipinski definition) is 0. The second-order valence-electron chi connectivity index (χ2n) is 1.98. The van der Waals surface area contributed by atoms with Gasteiger partial charge in [0.25, 0.3) is 0 Å². The highest BCUT2D eigenvalue weighted by molar-refractivity contribution is 7.90. The smallest absolute Gasteiger partial charge is 0.147 e. The molecule has 0 aromatic heterocycles. The summed E-state index contributed by atoms with van der Waals surface area (Å²) in [4.78, 5) is 0. The Morgan fingerprint density at radius 1 is 1.30 bits per heavy atom. The summed E-state index contributed by atoms with van der Waals surface area (Å²) in [6.45, 7) is 8.89. The number of unbranched alkanes of at least 4 members (excludes halogenated alkanes) is 1. The summed E-state index contributed by atoms with van der Waals surface area (Å²) in [5.41, 5.74) is 0. The van der Waals surface area contributed by atoms with Gasteiger partial charge in [-0.15, -0.1) is 0 Å². The van der Waals surface area contributed by atoms with E-state index in [2.05, 4.69) is 20.8 Å². The molecule has 0 aromatic rings.